The first-order valence-electron chi connectivity index (χ1n) is 10.3. The molecule has 8 rings (SSSR count). The van der Waals surface area contributed by atoms with Crippen LogP contribution < -0.4 is 0 Å². The van der Waals surface area contributed by atoms with Crippen LogP contribution in [-0.2, 0) is 4.74 Å². The molecule has 2 heterocycles. The summed E-state index contributed by atoms with van der Waals surface area (Å²) in [7, 11) is 0. The fraction of sp³-hybridized carbons (Fsp3) is 0.905. The topological polar surface area (TPSA) is 29.5 Å². The van der Waals surface area contributed by atoms with E-state index in [1.807, 2.05) is 0 Å². The summed E-state index contributed by atoms with van der Waals surface area (Å²) in [5.41, 5.74) is 0. The predicted molar refractivity (Wildman–Crippen MR) is 84.2 cm³/mol. The summed E-state index contributed by atoms with van der Waals surface area (Å²) in [5.74, 6) is 10.6. The molecule has 8 bridgehead atoms. The van der Waals surface area contributed by atoms with Gasteiger partial charge in [-0.1, -0.05) is 12.2 Å². The molecule has 7 fully saturated rings. The first-order valence-corrected chi connectivity index (χ1v) is 10.3. The van der Waals surface area contributed by atoms with Crippen molar-refractivity contribution < 1.29 is 9.84 Å². The summed E-state index contributed by atoms with van der Waals surface area (Å²) in [5, 5.41) is 10.4. The van der Waals surface area contributed by atoms with Gasteiger partial charge in [-0.3, -0.25) is 0 Å². The summed E-state index contributed by atoms with van der Waals surface area (Å²) in [6.07, 6.45) is 11.7. The van der Waals surface area contributed by atoms with Crippen molar-refractivity contribution in [2.24, 2.45) is 71.0 Å². The molecular weight excluding hydrogens is 284 g/mol. The van der Waals surface area contributed by atoms with Gasteiger partial charge in [0.15, 0.2) is 0 Å². The van der Waals surface area contributed by atoms with Crippen LogP contribution in [0.5, 0.6) is 0 Å². The van der Waals surface area contributed by atoms with Crippen molar-refractivity contribution in [1.29, 1.82) is 0 Å². The molecule has 5 saturated carbocycles. The van der Waals surface area contributed by atoms with Crippen LogP contribution in [0.2, 0.25) is 0 Å². The molecule has 15 atom stereocenters. The lowest BCUT2D eigenvalue weighted by molar-refractivity contribution is -0.0134. The number of aliphatic hydroxyl groups is 1. The molecule has 2 saturated heterocycles. The molecular formula is C21H26O2. The van der Waals surface area contributed by atoms with Gasteiger partial charge in [0.1, 0.15) is 0 Å². The van der Waals surface area contributed by atoms with E-state index in [9.17, 15) is 5.11 Å². The third-order valence-electron chi connectivity index (χ3n) is 10.5. The Morgan fingerprint density at radius 3 is 2.04 bits per heavy atom. The second-order valence-electron chi connectivity index (χ2n) is 10.5. The van der Waals surface area contributed by atoms with E-state index in [1.165, 1.54) is 19.3 Å². The van der Waals surface area contributed by atoms with E-state index >= 15 is 0 Å². The molecule has 0 aromatic carbocycles. The summed E-state index contributed by atoms with van der Waals surface area (Å²) >= 11 is 0. The number of ether oxygens (including phenoxy) is 1. The molecule has 2 heteroatoms. The predicted octanol–water partition coefficient (Wildman–Crippen LogP) is 2.72. The Bertz CT molecular complexity index is 642. The van der Waals surface area contributed by atoms with Crippen LogP contribution in [0.4, 0.5) is 0 Å². The fourth-order valence-electron chi connectivity index (χ4n) is 10.5. The summed E-state index contributed by atoms with van der Waals surface area (Å²) in [4.78, 5) is 0. The molecule has 15 unspecified atom stereocenters. The highest BCUT2D eigenvalue weighted by atomic mass is 16.5. The second-order valence-corrected chi connectivity index (χ2v) is 10.5. The Morgan fingerprint density at radius 1 is 0.652 bits per heavy atom. The molecule has 0 aromatic rings. The van der Waals surface area contributed by atoms with Crippen LogP contribution in [0.1, 0.15) is 25.7 Å². The molecule has 6 aliphatic carbocycles. The van der Waals surface area contributed by atoms with Crippen molar-refractivity contribution in [2.75, 3.05) is 0 Å². The van der Waals surface area contributed by atoms with Crippen molar-refractivity contribution in [1.82, 2.24) is 0 Å². The fourth-order valence-corrected chi connectivity index (χ4v) is 10.5. The largest absolute Gasteiger partial charge is 0.393 e. The van der Waals surface area contributed by atoms with Crippen molar-refractivity contribution in [3.05, 3.63) is 12.2 Å². The number of fused-ring (bicyclic) bond motifs is 23. The van der Waals surface area contributed by atoms with Crippen molar-refractivity contribution >= 4 is 0 Å². The molecule has 2 nitrogen and oxygen atoms in total. The highest BCUT2D eigenvalue weighted by Gasteiger charge is 2.77. The first-order chi connectivity index (χ1) is 11.3. The molecule has 23 heavy (non-hydrogen) atoms. The molecule has 0 radical (unpaired) electrons. The lowest BCUT2D eigenvalue weighted by Gasteiger charge is -2.47. The summed E-state index contributed by atoms with van der Waals surface area (Å²) < 4.78 is 6.74. The van der Waals surface area contributed by atoms with Gasteiger partial charge in [0.2, 0.25) is 0 Å². The molecule has 2 aliphatic heterocycles. The van der Waals surface area contributed by atoms with E-state index in [0.29, 0.717) is 18.1 Å². The number of hydrogen-bond acceptors (Lipinski definition) is 2. The van der Waals surface area contributed by atoms with Crippen LogP contribution >= 0.6 is 0 Å². The minimum atomic E-state index is -0.000541. The first kappa shape index (κ1) is 12.1. The van der Waals surface area contributed by atoms with Crippen molar-refractivity contribution in [3.63, 3.8) is 0 Å². The third kappa shape index (κ3) is 1.07. The minimum absolute atomic E-state index is 0.000541. The maximum Gasteiger partial charge on any atom is 0.0649 e. The number of allylic oxidation sites excluding steroid dienone is 2. The lowest BCUT2D eigenvalue weighted by Crippen LogP contribution is -2.50. The standard InChI is InChI=1S/C21H26O2/c22-13-5-9-4-10(13)17-16(9)20-18-11-6-12(19(18)21(17)23-20)15-8-2-1-7(3-8)14(11)15/h1-2,7-22H,3-6H2. The second kappa shape index (κ2) is 3.46. The normalized spacial score (nSPS) is 77.2. The van der Waals surface area contributed by atoms with Gasteiger partial charge in [-0.25, -0.2) is 0 Å². The Kier molecular flexibility index (Phi) is 1.82. The van der Waals surface area contributed by atoms with Gasteiger partial charge in [-0.05, 0) is 96.7 Å². The van der Waals surface area contributed by atoms with Crippen LogP contribution in [0.15, 0.2) is 12.2 Å². The van der Waals surface area contributed by atoms with Crippen molar-refractivity contribution in [3.8, 4) is 0 Å². The summed E-state index contributed by atoms with van der Waals surface area (Å²) in [6.45, 7) is 0. The van der Waals surface area contributed by atoms with E-state index in [4.69, 9.17) is 4.74 Å². The van der Waals surface area contributed by atoms with Gasteiger partial charge < -0.3 is 9.84 Å². The average Bonchev–Trinajstić information content (AvgIpc) is 3.34. The van der Waals surface area contributed by atoms with Gasteiger partial charge in [0.25, 0.3) is 0 Å². The van der Waals surface area contributed by atoms with Gasteiger partial charge >= 0.3 is 0 Å². The number of hydrogen-bond donors (Lipinski definition) is 1. The molecule has 8 aliphatic rings. The van der Waals surface area contributed by atoms with Gasteiger partial charge in [-0.2, -0.15) is 0 Å². The molecule has 122 valence electrons. The van der Waals surface area contributed by atoms with Crippen LogP contribution in [0, 0.1) is 71.0 Å². The SMILES string of the molecule is OC1CC2CC1C1C3OC(C21)C1C2CC(C4C5C=CC(C5)C24)C31. The zero-order valence-corrected chi connectivity index (χ0v) is 13.5. The molecule has 1 N–H and O–H groups in total. The maximum absolute atomic E-state index is 10.4. The van der Waals surface area contributed by atoms with E-state index in [0.717, 1.165) is 71.5 Å². The lowest BCUT2D eigenvalue weighted by atomic mass is 9.55. The number of aliphatic hydroxyl groups excluding tert-OH is 1. The number of rotatable bonds is 0. The van der Waals surface area contributed by atoms with E-state index < -0.39 is 0 Å². The Hall–Kier alpha value is -0.340. The van der Waals surface area contributed by atoms with Crippen molar-refractivity contribution in [2.45, 2.75) is 44.0 Å². The van der Waals surface area contributed by atoms with Gasteiger partial charge in [-0.15, -0.1) is 0 Å². The third-order valence-corrected chi connectivity index (χ3v) is 10.5. The Morgan fingerprint density at radius 2 is 1.30 bits per heavy atom. The zero-order chi connectivity index (χ0) is 14.6. The smallest absolute Gasteiger partial charge is 0.0649 e. The zero-order valence-electron chi connectivity index (χ0n) is 13.5. The van der Waals surface area contributed by atoms with Gasteiger partial charge in [0, 0.05) is 0 Å². The van der Waals surface area contributed by atoms with E-state index in [-0.39, 0.29) is 6.10 Å². The highest BCUT2D eigenvalue weighted by molar-refractivity contribution is 5.27. The maximum atomic E-state index is 10.4. The molecule has 0 amide bonds. The quantitative estimate of drug-likeness (QED) is 0.551. The van der Waals surface area contributed by atoms with Crippen LogP contribution in [0.25, 0.3) is 0 Å². The van der Waals surface area contributed by atoms with Crippen LogP contribution in [-0.4, -0.2) is 23.4 Å². The van der Waals surface area contributed by atoms with Crippen LogP contribution in [0.3, 0.4) is 0 Å². The van der Waals surface area contributed by atoms with E-state index in [2.05, 4.69) is 12.2 Å². The summed E-state index contributed by atoms with van der Waals surface area (Å²) in [6, 6.07) is 0. The molecule has 0 aromatic heterocycles. The average molecular weight is 310 g/mol. The van der Waals surface area contributed by atoms with E-state index in [1.54, 1.807) is 0 Å². The minimum Gasteiger partial charge on any atom is -0.393 e. The Labute approximate surface area is 137 Å². The highest BCUT2D eigenvalue weighted by Crippen LogP contribution is 2.77. The Balaban J connectivity index is 1.24. The monoisotopic (exact) mass is 310 g/mol. The van der Waals surface area contributed by atoms with Gasteiger partial charge in [0.05, 0.1) is 18.3 Å². The molecule has 0 spiro atoms.